The van der Waals surface area contributed by atoms with Crippen molar-refractivity contribution in [1.82, 2.24) is 14.8 Å². The molecular formula is C27H28N4. The van der Waals surface area contributed by atoms with Gasteiger partial charge in [-0.25, -0.2) is 0 Å². The lowest BCUT2D eigenvalue weighted by Gasteiger charge is -2.11. The third-order valence-corrected chi connectivity index (χ3v) is 5.90. The fraction of sp³-hybridized carbons (Fsp3) is 0.185. The molecule has 0 radical (unpaired) electrons. The van der Waals surface area contributed by atoms with Gasteiger partial charge in [0.1, 0.15) is 0 Å². The lowest BCUT2D eigenvalue weighted by molar-refractivity contribution is 0.972. The average Bonchev–Trinajstić information content (AvgIpc) is 3.04. The number of anilines is 2. The summed E-state index contributed by atoms with van der Waals surface area (Å²) in [5.41, 5.74) is 7.77. The highest BCUT2D eigenvalue weighted by atomic mass is 15.2. The molecule has 2 aromatic heterocycles. The maximum Gasteiger partial charge on any atom is 0.162 e. The Balaban J connectivity index is 1.80. The van der Waals surface area contributed by atoms with Crippen LogP contribution < -0.4 is 5.32 Å². The second kappa shape index (κ2) is 8.23. The Morgan fingerprint density at radius 2 is 1.42 bits per heavy atom. The number of aryl methyl sites for hydroxylation is 4. The van der Waals surface area contributed by atoms with Gasteiger partial charge in [0.15, 0.2) is 5.82 Å². The van der Waals surface area contributed by atoms with Gasteiger partial charge in [-0.1, -0.05) is 42.0 Å². The topological polar surface area (TPSA) is 42.7 Å². The minimum absolute atomic E-state index is 0.147. The summed E-state index contributed by atoms with van der Waals surface area (Å²) in [5.74, 6) is 0.914. The highest BCUT2D eigenvalue weighted by Crippen LogP contribution is 2.35. The summed E-state index contributed by atoms with van der Waals surface area (Å²) in [6, 6.07) is 16.9. The van der Waals surface area contributed by atoms with Gasteiger partial charge >= 0.3 is 0 Å². The molecule has 0 fully saturated rings. The Bertz CT molecular complexity index is 1250. The highest BCUT2D eigenvalue weighted by Gasteiger charge is 2.19. The zero-order valence-electron chi connectivity index (χ0n) is 18.6. The quantitative estimate of drug-likeness (QED) is 0.355. The van der Waals surface area contributed by atoms with Crippen molar-refractivity contribution in [3.63, 3.8) is 0 Å². The fourth-order valence-electron chi connectivity index (χ4n) is 4.26. The fourth-order valence-corrected chi connectivity index (χ4v) is 4.26. The van der Waals surface area contributed by atoms with Crippen LogP contribution in [0.5, 0.6) is 0 Å². The van der Waals surface area contributed by atoms with E-state index in [0.29, 0.717) is 0 Å². The molecule has 0 aliphatic carbocycles. The van der Waals surface area contributed by atoms with E-state index in [9.17, 15) is 0 Å². The zero-order chi connectivity index (χ0) is 22.1. The summed E-state index contributed by atoms with van der Waals surface area (Å²) >= 11 is 0. The van der Waals surface area contributed by atoms with Gasteiger partial charge < -0.3 is 9.88 Å². The van der Waals surface area contributed by atoms with Crippen LogP contribution in [0, 0.1) is 27.7 Å². The minimum atomic E-state index is 0.147. The molecule has 0 unspecified atom stereocenters. The summed E-state index contributed by atoms with van der Waals surface area (Å²) in [6.45, 7) is 16.2. The molecule has 0 aliphatic heterocycles. The average molecular weight is 409 g/mol. The van der Waals surface area contributed by atoms with Crippen LogP contribution in [0.25, 0.3) is 16.5 Å². The van der Waals surface area contributed by atoms with Gasteiger partial charge in [-0.3, -0.25) is 0 Å². The van der Waals surface area contributed by atoms with Gasteiger partial charge in [-0.2, -0.15) is 5.10 Å². The van der Waals surface area contributed by atoms with E-state index in [1.54, 1.807) is 0 Å². The van der Waals surface area contributed by atoms with E-state index >= 15 is 0 Å². The number of nitrogens with zero attached hydrogens (tertiary/aromatic N) is 3. The lowest BCUT2D eigenvalue weighted by Crippen LogP contribution is -2.00. The molecule has 0 saturated heterocycles. The summed E-state index contributed by atoms with van der Waals surface area (Å²) in [4.78, 5) is 0. The van der Waals surface area contributed by atoms with E-state index in [2.05, 4.69) is 103 Å². The zero-order valence-corrected chi connectivity index (χ0v) is 18.6. The van der Waals surface area contributed by atoms with E-state index in [0.717, 1.165) is 44.9 Å². The first-order chi connectivity index (χ1) is 14.9. The molecule has 0 bridgehead atoms. The molecular weight excluding hydrogens is 380 g/mol. The summed E-state index contributed by atoms with van der Waals surface area (Å²) < 4.78 is 2.29. The van der Waals surface area contributed by atoms with Crippen molar-refractivity contribution < 1.29 is 0 Å². The number of nitrogens with one attached hydrogen (secondary N) is 1. The number of fused-ring (bicyclic) bond motifs is 1. The smallest absolute Gasteiger partial charge is 0.162 e. The van der Waals surface area contributed by atoms with Crippen molar-refractivity contribution in [2.45, 2.75) is 33.6 Å². The molecule has 0 amide bonds. The number of benzene rings is 2. The van der Waals surface area contributed by atoms with Crippen LogP contribution in [0.2, 0.25) is 0 Å². The Morgan fingerprint density at radius 3 is 2.03 bits per heavy atom. The lowest BCUT2D eigenvalue weighted by atomic mass is 9.99. The van der Waals surface area contributed by atoms with Gasteiger partial charge in [0.2, 0.25) is 0 Å². The van der Waals surface area contributed by atoms with Crippen LogP contribution >= 0.6 is 0 Å². The van der Waals surface area contributed by atoms with E-state index in [-0.39, 0.29) is 5.92 Å². The second-order valence-electron chi connectivity index (χ2n) is 7.97. The van der Waals surface area contributed by atoms with E-state index in [1.807, 2.05) is 19.1 Å². The number of rotatable bonds is 6. The Labute approximate surface area is 184 Å². The molecule has 0 saturated carbocycles. The van der Waals surface area contributed by atoms with Gasteiger partial charge in [0.25, 0.3) is 0 Å². The van der Waals surface area contributed by atoms with E-state index in [1.165, 1.54) is 11.3 Å². The Kier molecular flexibility index (Phi) is 5.47. The maximum absolute atomic E-state index is 4.51. The van der Waals surface area contributed by atoms with Crippen LogP contribution in [0.4, 0.5) is 11.5 Å². The number of hydrogen-bond acceptors (Lipinski definition) is 3. The summed E-state index contributed by atoms with van der Waals surface area (Å²) in [7, 11) is 0. The minimum Gasteiger partial charge on any atom is -0.338 e. The SMILES string of the molecule is C=CC(C=C)c1ccc(Nc2nnc(C)c3c(C)n(-c4ccc(C)cc4)c(C)c23)cc1. The van der Waals surface area contributed by atoms with E-state index in [4.69, 9.17) is 0 Å². The van der Waals surface area contributed by atoms with E-state index < -0.39 is 0 Å². The van der Waals surface area contributed by atoms with Crippen LogP contribution in [-0.2, 0) is 0 Å². The number of aromatic nitrogens is 3. The predicted octanol–water partition coefficient (Wildman–Crippen LogP) is 6.85. The molecule has 4 rings (SSSR count). The maximum atomic E-state index is 4.51. The van der Waals surface area contributed by atoms with Crippen LogP contribution in [0.15, 0.2) is 73.8 Å². The van der Waals surface area contributed by atoms with Crippen LogP contribution in [-0.4, -0.2) is 14.8 Å². The largest absolute Gasteiger partial charge is 0.338 e. The van der Waals surface area contributed by atoms with Crippen LogP contribution in [0.1, 0.15) is 34.1 Å². The highest BCUT2D eigenvalue weighted by molar-refractivity contribution is 5.99. The standard InChI is InChI=1S/C27H28N4/c1-7-21(8-2)22-11-13-23(14-12-22)28-27-26-20(6)31(24-15-9-17(3)10-16-24)19(5)25(26)18(4)29-30-27/h7-16,21H,1-2H2,3-6H3,(H,28,30). The summed E-state index contributed by atoms with van der Waals surface area (Å²) in [6.07, 6.45) is 3.79. The van der Waals surface area contributed by atoms with Crippen molar-refractivity contribution in [1.29, 1.82) is 0 Å². The molecule has 0 spiro atoms. The molecule has 2 heterocycles. The number of hydrogen-bond donors (Lipinski definition) is 1. The molecule has 0 atom stereocenters. The molecule has 2 aromatic carbocycles. The molecule has 4 aromatic rings. The monoisotopic (exact) mass is 408 g/mol. The van der Waals surface area contributed by atoms with Crippen molar-refractivity contribution in [2.24, 2.45) is 0 Å². The van der Waals surface area contributed by atoms with Crippen molar-refractivity contribution in [2.75, 3.05) is 5.32 Å². The van der Waals surface area contributed by atoms with Gasteiger partial charge in [0, 0.05) is 39.5 Å². The number of allylic oxidation sites excluding steroid dienone is 2. The molecule has 0 aliphatic rings. The van der Waals surface area contributed by atoms with Crippen LogP contribution in [0.3, 0.4) is 0 Å². The molecule has 156 valence electrons. The predicted molar refractivity (Wildman–Crippen MR) is 131 cm³/mol. The molecule has 4 heteroatoms. The molecule has 4 nitrogen and oxygen atoms in total. The first-order valence-corrected chi connectivity index (χ1v) is 10.5. The third-order valence-electron chi connectivity index (χ3n) is 5.90. The Hall–Kier alpha value is -3.66. The third kappa shape index (κ3) is 3.66. The van der Waals surface area contributed by atoms with Gasteiger partial charge in [-0.15, -0.1) is 18.3 Å². The van der Waals surface area contributed by atoms with Gasteiger partial charge in [-0.05, 0) is 57.5 Å². The van der Waals surface area contributed by atoms with Gasteiger partial charge in [0.05, 0.1) is 5.69 Å². The normalized spacial score (nSPS) is 11.1. The van der Waals surface area contributed by atoms with Crippen molar-refractivity contribution in [3.05, 3.63) is 102 Å². The molecule has 1 N–H and O–H groups in total. The first-order valence-electron chi connectivity index (χ1n) is 10.5. The Morgan fingerprint density at radius 1 is 0.806 bits per heavy atom. The second-order valence-corrected chi connectivity index (χ2v) is 7.97. The molecule has 31 heavy (non-hydrogen) atoms. The first kappa shape index (κ1) is 20.6. The summed E-state index contributed by atoms with van der Waals surface area (Å²) in [5, 5.41) is 14.7. The van der Waals surface area contributed by atoms with Crippen molar-refractivity contribution in [3.8, 4) is 5.69 Å². The van der Waals surface area contributed by atoms with Crippen molar-refractivity contribution >= 4 is 22.3 Å².